The second-order valence-electron chi connectivity index (χ2n) is 5.05. The largest absolute Gasteiger partial charge is 0.440 e. The molecular weight excluding hydrogens is 312 g/mol. The molecule has 2 aromatic carbocycles. The molecule has 5 nitrogen and oxygen atoms in total. The third-order valence-corrected chi connectivity index (χ3v) is 4.43. The minimum absolute atomic E-state index is 0.0353. The van der Waals surface area contributed by atoms with Gasteiger partial charge in [0.25, 0.3) is 0 Å². The summed E-state index contributed by atoms with van der Waals surface area (Å²) in [6.07, 6.45) is 0.609. The summed E-state index contributed by atoms with van der Waals surface area (Å²) >= 11 is 0. The van der Waals surface area contributed by atoms with E-state index in [1.165, 1.54) is 6.07 Å². The summed E-state index contributed by atoms with van der Waals surface area (Å²) in [5, 5.41) is 5.34. The van der Waals surface area contributed by atoms with Gasteiger partial charge in [0.1, 0.15) is 5.69 Å². The van der Waals surface area contributed by atoms with Crippen molar-refractivity contribution in [3.8, 4) is 22.6 Å². The number of hydrogen-bond acceptors (Lipinski definition) is 4. The van der Waals surface area contributed by atoms with E-state index >= 15 is 0 Å². The van der Waals surface area contributed by atoms with Crippen LogP contribution in [0.3, 0.4) is 0 Å². The Hall–Kier alpha value is -2.44. The molecular formula is C17H16N2O3S. The average molecular weight is 328 g/mol. The van der Waals surface area contributed by atoms with Crippen LogP contribution in [0.25, 0.3) is 22.6 Å². The summed E-state index contributed by atoms with van der Waals surface area (Å²) in [4.78, 5) is 4.50. The first-order chi connectivity index (χ1) is 11.0. The van der Waals surface area contributed by atoms with Crippen LogP contribution < -0.4 is 5.14 Å². The van der Waals surface area contributed by atoms with Crippen molar-refractivity contribution < 1.29 is 12.8 Å². The normalized spacial score (nSPS) is 11.6. The molecule has 1 aromatic heterocycles. The van der Waals surface area contributed by atoms with Gasteiger partial charge in [0.15, 0.2) is 11.7 Å². The van der Waals surface area contributed by atoms with Crippen LogP contribution in [0, 0.1) is 0 Å². The highest BCUT2D eigenvalue weighted by molar-refractivity contribution is 7.89. The Balaban J connectivity index is 2.28. The molecule has 3 aromatic rings. The highest BCUT2D eigenvalue weighted by Crippen LogP contribution is 2.35. The number of oxazole rings is 1. The minimum Gasteiger partial charge on any atom is -0.440 e. The monoisotopic (exact) mass is 328 g/mol. The Kier molecular flexibility index (Phi) is 4.02. The number of aryl methyl sites for hydroxylation is 1. The quantitative estimate of drug-likeness (QED) is 0.796. The Morgan fingerprint density at radius 1 is 1.04 bits per heavy atom. The van der Waals surface area contributed by atoms with Gasteiger partial charge in [-0.3, -0.25) is 0 Å². The van der Waals surface area contributed by atoms with Crippen LogP contribution in [0.1, 0.15) is 12.8 Å². The second-order valence-corrected chi connectivity index (χ2v) is 6.58. The van der Waals surface area contributed by atoms with Crippen LogP contribution in [-0.2, 0) is 16.4 Å². The Bertz CT molecular complexity index is 931. The topological polar surface area (TPSA) is 86.2 Å². The first-order valence-electron chi connectivity index (χ1n) is 7.18. The van der Waals surface area contributed by atoms with Gasteiger partial charge in [-0.15, -0.1) is 0 Å². The van der Waals surface area contributed by atoms with Crippen LogP contribution >= 0.6 is 0 Å². The number of nitrogens with two attached hydrogens (primary N) is 1. The van der Waals surface area contributed by atoms with E-state index in [0.717, 1.165) is 5.56 Å². The van der Waals surface area contributed by atoms with E-state index in [4.69, 9.17) is 9.56 Å². The molecule has 1 heterocycles. The van der Waals surface area contributed by atoms with Crippen LogP contribution in [0.5, 0.6) is 0 Å². The van der Waals surface area contributed by atoms with Crippen molar-refractivity contribution >= 4 is 10.0 Å². The highest BCUT2D eigenvalue weighted by Gasteiger charge is 2.22. The molecule has 0 bridgehead atoms. The maximum absolute atomic E-state index is 11.9. The number of hydrogen-bond donors (Lipinski definition) is 1. The summed E-state index contributed by atoms with van der Waals surface area (Å²) in [5.74, 6) is 1.08. The van der Waals surface area contributed by atoms with E-state index in [0.29, 0.717) is 29.3 Å². The molecule has 6 heteroatoms. The number of aromatic nitrogens is 1. The fourth-order valence-electron chi connectivity index (χ4n) is 2.39. The predicted octanol–water partition coefficient (Wildman–Crippen LogP) is 3.22. The predicted molar refractivity (Wildman–Crippen MR) is 88.1 cm³/mol. The summed E-state index contributed by atoms with van der Waals surface area (Å²) in [5.41, 5.74) is 1.76. The third kappa shape index (κ3) is 3.04. The van der Waals surface area contributed by atoms with Crippen molar-refractivity contribution in [1.82, 2.24) is 4.98 Å². The molecule has 0 saturated carbocycles. The SMILES string of the molecule is CCc1nc(-c2ccccc2S(N)(=O)=O)c(-c2ccccc2)o1. The third-order valence-electron chi connectivity index (χ3n) is 3.46. The summed E-state index contributed by atoms with van der Waals surface area (Å²) < 4.78 is 29.6. The van der Waals surface area contributed by atoms with E-state index < -0.39 is 10.0 Å². The van der Waals surface area contributed by atoms with E-state index in [-0.39, 0.29) is 4.90 Å². The first-order valence-corrected chi connectivity index (χ1v) is 8.72. The lowest BCUT2D eigenvalue weighted by molar-refractivity contribution is 0.514. The molecule has 0 spiro atoms. The molecule has 0 radical (unpaired) electrons. The van der Waals surface area contributed by atoms with Gasteiger partial charge in [0.2, 0.25) is 10.0 Å². The molecule has 0 atom stereocenters. The van der Waals surface area contributed by atoms with Gasteiger partial charge >= 0.3 is 0 Å². The maximum atomic E-state index is 11.9. The standard InChI is InChI=1S/C17H16N2O3S/c1-2-15-19-16(17(22-15)12-8-4-3-5-9-12)13-10-6-7-11-14(13)23(18,20)21/h3-11H,2H2,1H3,(H2,18,20,21). The molecule has 0 amide bonds. The number of nitrogens with zero attached hydrogens (tertiary/aromatic N) is 1. The summed E-state index contributed by atoms with van der Waals surface area (Å²) in [6.45, 7) is 1.93. The molecule has 0 unspecified atom stereocenters. The molecule has 23 heavy (non-hydrogen) atoms. The first kappa shape index (κ1) is 15.5. The Morgan fingerprint density at radius 3 is 2.35 bits per heavy atom. The van der Waals surface area contributed by atoms with Crippen molar-refractivity contribution in [2.24, 2.45) is 5.14 Å². The number of primary sulfonamides is 1. The summed E-state index contributed by atoms with van der Waals surface area (Å²) in [6, 6.07) is 16.0. The Labute approximate surface area is 134 Å². The van der Waals surface area contributed by atoms with Gasteiger partial charge in [0.05, 0.1) is 4.90 Å². The number of benzene rings is 2. The number of sulfonamides is 1. The molecule has 0 fully saturated rings. The van der Waals surface area contributed by atoms with Crippen molar-refractivity contribution in [3.63, 3.8) is 0 Å². The lowest BCUT2D eigenvalue weighted by Gasteiger charge is -2.06. The Morgan fingerprint density at radius 2 is 1.70 bits per heavy atom. The molecule has 0 saturated heterocycles. The molecule has 0 aliphatic rings. The molecule has 3 rings (SSSR count). The van der Waals surface area contributed by atoms with E-state index in [9.17, 15) is 8.42 Å². The van der Waals surface area contributed by atoms with E-state index in [1.54, 1.807) is 18.2 Å². The van der Waals surface area contributed by atoms with Crippen molar-refractivity contribution in [3.05, 3.63) is 60.5 Å². The van der Waals surface area contributed by atoms with Gasteiger partial charge in [-0.25, -0.2) is 18.5 Å². The highest BCUT2D eigenvalue weighted by atomic mass is 32.2. The summed E-state index contributed by atoms with van der Waals surface area (Å²) in [7, 11) is -3.86. The zero-order valence-electron chi connectivity index (χ0n) is 12.6. The van der Waals surface area contributed by atoms with Crippen molar-refractivity contribution in [2.75, 3.05) is 0 Å². The molecule has 0 aliphatic carbocycles. The second kappa shape index (κ2) is 5.98. The van der Waals surface area contributed by atoms with Crippen LogP contribution in [-0.4, -0.2) is 13.4 Å². The van der Waals surface area contributed by atoms with Gasteiger partial charge in [0, 0.05) is 17.5 Å². The molecule has 118 valence electrons. The lowest BCUT2D eigenvalue weighted by Crippen LogP contribution is -2.13. The van der Waals surface area contributed by atoms with Gasteiger partial charge < -0.3 is 4.42 Å². The van der Waals surface area contributed by atoms with Crippen LogP contribution in [0.15, 0.2) is 63.9 Å². The zero-order valence-corrected chi connectivity index (χ0v) is 13.4. The van der Waals surface area contributed by atoms with E-state index in [1.807, 2.05) is 37.3 Å². The van der Waals surface area contributed by atoms with Gasteiger partial charge in [-0.05, 0) is 6.07 Å². The van der Waals surface area contributed by atoms with Crippen molar-refractivity contribution in [2.45, 2.75) is 18.2 Å². The molecule has 2 N–H and O–H groups in total. The van der Waals surface area contributed by atoms with Crippen LogP contribution in [0.2, 0.25) is 0 Å². The van der Waals surface area contributed by atoms with Gasteiger partial charge in [-0.1, -0.05) is 55.5 Å². The molecule has 0 aliphatic heterocycles. The minimum atomic E-state index is -3.86. The van der Waals surface area contributed by atoms with E-state index in [2.05, 4.69) is 4.98 Å². The zero-order chi connectivity index (χ0) is 16.4. The number of rotatable bonds is 4. The maximum Gasteiger partial charge on any atom is 0.238 e. The smallest absolute Gasteiger partial charge is 0.238 e. The van der Waals surface area contributed by atoms with Gasteiger partial charge in [-0.2, -0.15) is 0 Å². The lowest BCUT2D eigenvalue weighted by atomic mass is 10.1. The van der Waals surface area contributed by atoms with Crippen molar-refractivity contribution in [1.29, 1.82) is 0 Å². The average Bonchev–Trinajstić information content (AvgIpc) is 2.99. The fourth-order valence-corrected chi connectivity index (χ4v) is 3.13. The fraction of sp³-hybridized carbons (Fsp3) is 0.118. The van der Waals surface area contributed by atoms with Crippen LogP contribution in [0.4, 0.5) is 0 Å².